The summed E-state index contributed by atoms with van der Waals surface area (Å²) < 4.78 is 0. The molecule has 0 aliphatic rings. The van der Waals surface area contributed by atoms with Gasteiger partial charge in [0.2, 0.25) is 5.13 Å². The Morgan fingerprint density at radius 3 is 2.43 bits per heavy atom. The first-order valence-electron chi connectivity index (χ1n) is 4.17. The van der Waals surface area contributed by atoms with Crippen LogP contribution in [0.1, 0.15) is 16.6 Å². The second-order valence-corrected chi connectivity index (χ2v) is 3.91. The first-order chi connectivity index (χ1) is 6.77. The fourth-order valence-corrected chi connectivity index (χ4v) is 1.82. The number of nitrogens with zero attached hydrogens (tertiary/aromatic N) is 2. The number of aromatic nitrogens is 2. The molecule has 0 spiro atoms. The summed E-state index contributed by atoms with van der Waals surface area (Å²) in [6, 6.07) is 9.53. The minimum atomic E-state index is -0.231. The quantitative estimate of drug-likeness (QED) is 0.773. The highest BCUT2D eigenvalue weighted by Crippen LogP contribution is 2.23. The zero-order valence-corrected chi connectivity index (χ0v) is 8.24. The van der Waals surface area contributed by atoms with E-state index in [1.54, 1.807) is 0 Å². The van der Waals surface area contributed by atoms with E-state index in [0.29, 0.717) is 5.13 Å². The van der Waals surface area contributed by atoms with Crippen molar-refractivity contribution in [2.75, 3.05) is 5.73 Å². The van der Waals surface area contributed by atoms with Gasteiger partial charge in [0.1, 0.15) is 5.01 Å². The SMILES string of the molecule is Nc1nnc([C@H](N)c2ccccc2)s1. The fourth-order valence-electron chi connectivity index (χ4n) is 1.18. The van der Waals surface area contributed by atoms with Crippen molar-refractivity contribution >= 4 is 16.5 Å². The van der Waals surface area contributed by atoms with Gasteiger partial charge in [0.25, 0.3) is 0 Å². The maximum absolute atomic E-state index is 5.98. The summed E-state index contributed by atoms with van der Waals surface area (Å²) in [6.07, 6.45) is 0. The van der Waals surface area contributed by atoms with Crippen LogP contribution in [0.25, 0.3) is 0 Å². The molecule has 0 saturated heterocycles. The molecule has 1 heterocycles. The molecule has 1 atom stereocenters. The van der Waals surface area contributed by atoms with Crippen molar-refractivity contribution in [3.8, 4) is 0 Å². The van der Waals surface area contributed by atoms with Gasteiger partial charge in [-0.3, -0.25) is 0 Å². The molecule has 0 fully saturated rings. The number of anilines is 1. The van der Waals surface area contributed by atoms with E-state index in [2.05, 4.69) is 10.2 Å². The molecule has 4 nitrogen and oxygen atoms in total. The van der Waals surface area contributed by atoms with Gasteiger partial charge in [0.05, 0.1) is 6.04 Å². The molecule has 2 aromatic rings. The zero-order valence-electron chi connectivity index (χ0n) is 7.42. The molecule has 0 aliphatic carbocycles. The Labute approximate surface area is 85.6 Å². The van der Waals surface area contributed by atoms with Crippen molar-refractivity contribution in [3.63, 3.8) is 0 Å². The van der Waals surface area contributed by atoms with Gasteiger partial charge in [0.15, 0.2) is 0 Å². The Bertz CT molecular complexity index is 412. The smallest absolute Gasteiger partial charge is 0.203 e. The summed E-state index contributed by atoms with van der Waals surface area (Å²) in [5.41, 5.74) is 12.5. The Morgan fingerprint density at radius 2 is 1.86 bits per heavy atom. The van der Waals surface area contributed by atoms with E-state index in [-0.39, 0.29) is 6.04 Å². The average molecular weight is 206 g/mol. The molecule has 4 N–H and O–H groups in total. The lowest BCUT2D eigenvalue weighted by atomic mass is 10.1. The van der Waals surface area contributed by atoms with Gasteiger partial charge in [-0.1, -0.05) is 41.7 Å². The summed E-state index contributed by atoms with van der Waals surface area (Å²) >= 11 is 1.32. The minimum Gasteiger partial charge on any atom is -0.374 e. The van der Waals surface area contributed by atoms with E-state index in [9.17, 15) is 0 Å². The van der Waals surface area contributed by atoms with Crippen LogP contribution in [0.4, 0.5) is 5.13 Å². The first-order valence-corrected chi connectivity index (χ1v) is 4.98. The highest BCUT2D eigenvalue weighted by atomic mass is 32.1. The summed E-state index contributed by atoms with van der Waals surface area (Å²) in [5, 5.41) is 8.83. The number of hydrogen-bond acceptors (Lipinski definition) is 5. The van der Waals surface area contributed by atoms with Gasteiger partial charge >= 0.3 is 0 Å². The Hall–Kier alpha value is -1.46. The molecule has 14 heavy (non-hydrogen) atoms. The third kappa shape index (κ3) is 1.73. The van der Waals surface area contributed by atoms with Gasteiger partial charge in [-0.05, 0) is 5.56 Å². The number of nitrogen functional groups attached to an aromatic ring is 1. The van der Waals surface area contributed by atoms with Gasteiger partial charge in [-0.15, -0.1) is 10.2 Å². The second-order valence-electron chi connectivity index (χ2n) is 2.87. The maximum Gasteiger partial charge on any atom is 0.203 e. The molecule has 0 unspecified atom stereocenters. The molecular weight excluding hydrogens is 196 g/mol. The van der Waals surface area contributed by atoms with E-state index < -0.39 is 0 Å². The molecule has 2 rings (SSSR count). The summed E-state index contributed by atoms with van der Waals surface area (Å²) in [4.78, 5) is 0. The molecule has 1 aromatic heterocycles. The maximum atomic E-state index is 5.98. The van der Waals surface area contributed by atoms with E-state index in [0.717, 1.165) is 10.6 Å². The molecule has 0 radical (unpaired) electrons. The Kier molecular flexibility index (Phi) is 2.43. The molecule has 5 heteroatoms. The first kappa shape index (κ1) is 9.11. The average Bonchev–Trinajstić information content (AvgIpc) is 2.65. The predicted molar refractivity (Wildman–Crippen MR) is 56.8 cm³/mol. The standard InChI is InChI=1S/C9H10N4S/c10-7(6-4-2-1-3-5-6)8-12-13-9(11)14-8/h1-5,7H,10H2,(H2,11,13)/t7-/m1/s1. The number of rotatable bonds is 2. The van der Waals surface area contributed by atoms with Crippen LogP contribution >= 0.6 is 11.3 Å². The summed E-state index contributed by atoms with van der Waals surface area (Å²) in [7, 11) is 0. The molecule has 72 valence electrons. The number of nitrogens with two attached hydrogens (primary N) is 2. The normalized spacial score (nSPS) is 12.6. The van der Waals surface area contributed by atoms with Crippen LogP contribution in [0.3, 0.4) is 0 Å². The van der Waals surface area contributed by atoms with Gasteiger partial charge in [-0.2, -0.15) is 0 Å². The van der Waals surface area contributed by atoms with Crippen molar-refractivity contribution in [2.45, 2.75) is 6.04 Å². The van der Waals surface area contributed by atoms with Crippen molar-refractivity contribution < 1.29 is 0 Å². The Morgan fingerprint density at radius 1 is 1.14 bits per heavy atom. The van der Waals surface area contributed by atoms with E-state index in [1.165, 1.54) is 11.3 Å². The lowest BCUT2D eigenvalue weighted by Crippen LogP contribution is -2.11. The third-order valence-electron chi connectivity index (χ3n) is 1.88. The highest BCUT2D eigenvalue weighted by molar-refractivity contribution is 7.15. The molecule has 0 saturated carbocycles. The van der Waals surface area contributed by atoms with Crippen molar-refractivity contribution in [1.29, 1.82) is 0 Å². The monoisotopic (exact) mass is 206 g/mol. The van der Waals surface area contributed by atoms with E-state index in [4.69, 9.17) is 11.5 Å². The number of benzene rings is 1. The fraction of sp³-hybridized carbons (Fsp3) is 0.111. The Balaban J connectivity index is 2.29. The second kappa shape index (κ2) is 3.73. The van der Waals surface area contributed by atoms with E-state index in [1.807, 2.05) is 30.3 Å². The molecule has 0 amide bonds. The molecule has 0 aliphatic heterocycles. The van der Waals surface area contributed by atoms with Gasteiger partial charge in [-0.25, -0.2) is 0 Å². The van der Waals surface area contributed by atoms with Gasteiger partial charge in [0, 0.05) is 0 Å². The summed E-state index contributed by atoms with van der Waals surface area (Å²) in [6.45, 7) is 0. The topological polar surface area (TPSA) is 77.8 Å². The highest BCUT2D eigenvalue weighted by Gasteiger charge is 2.12. The lowest BCUT2D eigenvalue weighted by Gasteiger charge is -2.06. The minimum absolute atomic E-state index is 0.231. The van der Waals surface area contributed by atoms with Crippen LogP contribution in [-0.2, 0) is 0 Å². The van der Waals surface area contributed by atoms with Crippen LogP contribution in [0.15, 0.2) is 30.3 Å². The summed E-state index contributed by atoms with van der Waals surface area (Å²) in [5.74, 6) is 0. The van der Waals surface area contributed by atoms with E-state index >= 15 is 0 Å². The zero-order chi connectivity index (χ0) is 9.97. The largest absolute Gasteiger partial charge is 0.374 e. The van der Waals surface area contributed by atoms with Crippen LogP contribution < -0.4 is 11.5 Å². The van der Waals surface area contributed by atoms with Crippen molar-refractivity contribution in [2.24, 2.45) is 5.73 Å². The predicted octanol–water partition coefficient (Wildman–Crippen LogP) is 1.17. The lowest BCUT2D eigenvalue weighted by molar-refractivity contribution is 0.831. The molecule has 1 aromatic carbocycles. The van der Waals surface area contributed by atoms with Crippen molar-refractivity contribution in [1.82, 2.24) is 10.2 Å². The molecular formula is C9H10N4S. The van der Waals surface area contributed by atoms with Gasteiger partial charge < -0.3 is 11.5 Å². The molecule has 0 bridgehead atoms. The number of hydrogen-bond donors (Lipinski definition) is 2. The van der Waals surface area contributed by atoms with Crippen LogP contribution in [0, 0.1) is 0 Å². The van der Waals surface area contributed by atoms with Crippen LogP contribution in [0.2, 0.25) is 0 Å². The third-order valence-corrected chi connectivity index (χ3v) is 2.72. The van der Waals surface area contributed by atoms with Crippen molar-refractivity contribution in [3.05, 3.63) is 40.9 Å². The van der Waals surface area contributed by atoms with Crippen LogP contribution in [0.5, 0.6) is 0 Å². The van der Waals surface area contributed by atoms with Crippen LogP contribution in [-0.4, -0.2) is 10.2 Å².